The molecule has 0 aromatic rings. The Hall–Kier alpha value is -0.530. The van der Waals surface area contributed by atoms with Crippen molar-refractivity contribution in [3.8, 4) is 0 Å². The van der Waals surface area contributed by atoms with E-state index in [1.54, 1.807) is 0 Å². The fourth-order valence-electron chi connectivity index (χ4n) is 0.644. The van der Waals surface area contributed by atoms with E-state index in [1.165, 1.54) is 0 Å². The molecule has 2 N–H and O–H groups in total. The molecule has 0 spiro atoms. The number of nitrogens with zero attached hydrogens (tertiary/aromatic N) is 1. The fourth-order valence-corrected chi connectivity index (χ4v) is 0.644. The summed E-state index contributed by atoms with van der Waals surface area (Å²) in [5, 5.41) is 3.55. The molecule has 0 fully saturated rings. The van der Waals surface area contributed by atoms with Crippen LogP contribution in [0.25, 0.3) is 0 Å². The quantitative estimate of drug-likeness (QED) is 0.328. The molecule has 0 saturated heterocycles. The summed E-state index contributed by atoms with van der Waals surface area (Å²) >= 11 is 0. The average Bonchev–Trinajstić information content (AvgIpc) is 1.65. The van der Waals surface area contributed by atoms with Crippen LogP contribution in [0.1, 0.15) is 27.2 Å². The third-order valence-electron chi connectivity index (χ3n) is 0.924. The van der Waals surface area contributed by atoms with Crippen molar-refractivity contribution >= 4 is 5.71 Å². The van der Waals surface area contributed by atoms with Crippen LogP contribution in [0.3, 0.4) is 0 Å². The standard InChI is InChI=1S/C6H14N2/c1-5(2)4-6(3)8-7/h5H,4,7H2,1-3H3/b8-6+. The van der Waals surface area contributed by atoms with Gasteiger partial charge in [0.2, 0.25) is 0 Å². The number of hydrogen-bond acceptors (Lipinski definition) is 2. The summed E-state index contributed by atoms with van der Waals surface area (Å²) in [6, 6.07) is 0. The normalized spacial score (nSPS) is 12.8. The molecule has 0 aliphatic rings. The van der Waals surface area contributed by atoms with Crippen molar-refractivity contribution in [1.29, 1.82) is 0 Å². The van der Waals surface area contributed by atoms with Gasteiger partial charge in [0.1, 0.15) is 0 Å². The molecule has 0 unspecified atom stereocenters. The van der Waals surface area contributed by atoms with E-state index in [-0.39, 0.29) is 0 Å². The first kappa shape index (κ1) is 7.47. The van der Waals surface area contributed by atoms with Crippen molar-refractivity contribution in [2.75, 3.05) is 0 Å². The van der Waals surface area contributed by atoms with Crippen LogP contribution in [0.2, 0.25) is 0 Å². The SMILES string of the molecule is C/C(CC(C)C)=N\N. The number of hydrogen-bond donors (Lipinski definition) is 1. The van der Waals surface area contributed by atoms with Crippen LogP contribution < -0.4 is 5.84 Å². The van der Waals surface area contributed by atoms with Gasteiger partial charge in [0.25, 0.3) is 0 Å². The molecule has 48 valence electrons. The third-order valence-corrected chi connectivity index (χ3v) is 0.924. The molecule has 0 aromatic heterocycles. The first-order valence-corrected chi connectivity index (χ1v) is 2.90. The predicted octanol–water partition coefficient (Wildman–Crippen LogP) is 1.37. The molecule has 8 heavy (non-hydrogen) atoms. The Kier molecular flexibility index (Phi) is 3.24. The summed E-state index contributed by atoms with van der Waals surface area (Å²) in [6.45, 7) is 6.24. The predicted molar refractivity (Wildman–Crippen MR) is 36.8 cm³/mol. The van der Waals surface area contributed by atoms with Gasteiger partial charge >= 0.3 is 0 Å². The zero-order valence-corrected chi connectivity index (χ0v) is 5.81. The monoisotopic (exact) mass is 114 g/mol. The summed E-state index contributed by atoms with van der Waals surface area (Å²) < 4.78 is 0. The van der Waals surface area contributed by atoms with Crippen LogP contribution in [0, 0.1) is 5.92 Å². The van der Waals surface area contributed by atoms with Crippen molar-refractivity contribution in [2.24, 2.45) is 16.9 Å². The Morgan fingerprint density at radius 2 is 2.12 bits per heavy atom. The van der Waals surface area contributed by atoms with Crippen molar-refractivity contribution in [3.05, 3.63) is 0 Å². The molecule has 0 amide bonds. The maximum absolute atomic E-state index is 5.01. The Bertz CT molecular complexity index is 84.5. The lowest BCUT2D eigenvalue weighted by Gasteiger charge is -2.00. The minimum Gasteiger partial charge on any atom is -0.323 e. The van der Waals surface area contributed by atoms with Gasteiger partial charge in [-0.3, -0.25) is 0 Å². The van der Waals surface area contributed by atoms with Gasteiger partial charge in [-0.05, 0) is 19.3 Å². The Balaban J connectivity index is 3.39. The highest BCUT2D eigenvalue weighted by molar-refractivity contribution is 5.81. The topological polar surface area (TPSA) is 38.4 Å². The van der Waals surface area contributed by atoms with Crippen LogP contribution in [0.4, 0.5) is 0 Å². The smallest absolute Gasteiger partial charge is 0.0347 e. The zero-order chi connectivity index (χ0) is 6.57. The van der Waals surface area contributed by atoms with E-state index in [4.69, 9.17) is 5.84 Å². The molecule has 0 aliphatic carbocycles. The van der Waals surface area contributed by atoms with Gasteiger partial charge < -0.3 is 5.84 Å². The number of hydrazone groups is 1. The maximum atomic E-state index is 5.01. The molecular weight excluding hydrogens is 100 g/mol. The summed E-state index contributed by atoms with van der Waals surface area (Å²) in [4.78, 5) is 0. The second-order valence-electron chi connectivity index (χ2n) is 2.46. The molecule has 0 rings (SSSR count). The van der Waals surface area contributed by atoms with Gasteiger partial charge in [0, 0.05) is 5.71 Å². The number of rotatable bonds is 2. The second-order valence-corrected chi connectivity index (χ2v) is 2.46. The molecule has 2 heteroatoms. The van der Waals surface area contributed by atoms with Crippen LogP contribution in [-0.4, -0.2) is 5.71 Å². The minimum absolute atomic E-state index is 0.669. The highest BCUT2D eigenvalue weighted by atomic mass is 15.1. The molecule has 0 radical (unpaired) electrons. The van der Waals surface area contributed by atoms with Crippen LogP contribution >= 0.6 is 0 Å². The second kappa shape index (κ2) is 3.47. The molecule has 0 saturated carbocycles. The Labute approximate surface area is 50.8 Å². The van der Waals surface area contributed by atoms with Crippen molar-refractivity contribution < 1.29 is 0 Å². The van der Waals surface area contributed by atoms with E-state index >= 15 is 0 Å². The summed E-state index contributed by atoms with van der Waals surface area (Å²) in [7, 11) is 0. The van der Waals surface area contributed by atoms with Gasteiger partial charge in [-0.2, -0.15) is 5.10 Å². The Morgan fingerprint density at radius 1 is 1.62 bits per heavy atom. The lowest BCUT2D eigenvalue weighted by atomic mass is 10.1. The molecule has 0 heterocycles. The van der Waals surface area contributed by atoms with Crippen molar-refractivity contribution in [3.63, 3.8) is 0 Å². The highest BCUT2D eigenvalue weighted by Gasteiger charge is 1.94. The summed E-state index contributed by atoms with van der Waals surface area (Å²) in [6.07, 6.45) is 1.01. The van der Waals surface area contributed by atoms with E-state index in [0.717, 1.165) is 12.1 Å². The minimum atomic E-state index is 0.669. The molecule has 0 bridgehead atoms. The zero-order valence-electron chi connectivity index (χ0n) is 5.81. The highest BCUT2D eigenvalue weighted by Crippen LogP contribution is 1.99. The van der Waals surface area contributed by atoms with Gasteiger partial charge in [-0.25, -0.2) is 0 Å². The molecule has 0 aromatic carbocycles. The van der Waals surface area contributed by atoms with Gasteiger partial charge in [-0.15, -0.1) is 0 Å². The largest absolute Gasteiger partial charge is 0.323 e. The van der Waals surface area contributed by atoms with Gasteiger partial charge in [0.15, 0.2) is 0 Å². The van der Waals surface area contributed by atoms with E-state index < -0.39 is 0 Å². The van der Waals surface area contributed by atoms with Crippen molar-refractivity contribution in [1.82, 2.24) is 0 Å². The van der Waals surface area contributed by atoms with E-state index in [1.807, 2.05) is 6.92 Å². The molecule has 0 aliphatic heterocycles. The Morgan fingerprint density at radius 3 is 2.25 bits per heavy atom. The first-order chi connectivity index (χ1) is 3.66. The average molecular weight is 114 g/mol. The van der Waals surface area contributed by atoms with Gasteiger partial charge in [-0.1, -0.05) is 13.8 Å². The van der Waals surface area contributed by atoms with Crippen molar-refractivity contribution in [2.45, 2.75) is 27.2 Å². The molecular formula is C6H14N2. The van der Waals surface area contributed by atoms with E-state index in [0.29, 0.717) is 5.92 Å². The maximum Gasteiger partial charge on any atom is 0.0347 e. The molecule has 2 nitrogen and oxygen atoms in total. The molecule has 0 atom stereocenters. The van der Waals surface area contributed by atoms with Crippen LogP contribution in [-0.2, 0) is 0 Å². The number of nitrogens with two attached hydrogens (primary N) is 1. The lowest BCUT2D eigenvalue weighted by molar-refractivity contribution is 0.681. The van der Waals surface area contributed by atoms with Crippen LogP contribution in [0.15, 0.2) is 5.10 Å². The lowest BCUT2D eigenvalue weighted by Crippen LogP contribution is -2.00. The van der Waals surface area contributed by atoms with E-state index in [2.05, 4.69) is 18.9 Å². The fraction of sp³-hybridized carbons (Fsp3) is 0.833. The van der Waals surface area contributed by atoms with Crippen LogP contribution in [0.5, 0.6) is 0 Å². The third kappa shape index (κ3) is 3.65. The van der Waals surface area contributed by atoms with E-state index in [9.17, 15) is 0 Å². The summed E-state index contributed by atoms with van der Waals surface area (Å²) in [5.74, 6) is 5.68. The van der Waals surface area contributed by atoms with Gasteiger partial charge in [0.05, 0.1) is 0 Å². The summed E-state index contributed by atoms with van der Waals surface area (Å²) in [5.41, 5.74) is 1.03. The first-order valence-electron chi connectivity index (χ1n) is 2.90.